The van der Waals surface area contributed by atoms with Crippen molar-refractivity contribution in [3.05, 3.63) is 71.1 Å². The van der Waals surface area contributed by atoms with E-state index in [-0.39, 0.29) is 17.1 Å². The van der Waals surface area contributed by atoms with Crippen molar-refractivity contribution in [1.82, 2.24) is 0 Å². The Morgan fingerprint density at radius 1 is 0.826 bits per heavy atom. The highest BCUT2D eigenvalue weighted by molar-refractivity contribution is 8.04. The number of carbonyl (C=O) groups is 2. The van der Waals surface area contributed by atoms with Crippen LogP contribution in [0.5, 0.6) is 0 Å². The second kappa shape index (κ2) is 6.42. The van der Waals surface area contributed by atoms with Gasteiger partial charge in [0.15, 0.2) is 0 Å². The highest BCUT2D eigenvalue weighted by Gasteiger charge is 2.40. The zero-order chi connectivity index (χ0) is 16.4. The lowest BCUT2D eigenvalue weighted by Gasteiger charge is -2.15. The molecule has 0 spiro atoms. The molecule has 1 aliphatic rings. The largest absolute Gasteiger partial charge is 0.272 e. The first-order valence-electron chi connectivity index (χ1n) is 7.49. The molecule has 0 saturated carbocycles. The zero-order valence-electron chi connectivity index (χ0n) is 13.0. The lowest BCUT2D eigenvalue weighted by Crippen LogP contribution is -2.31. The maximum Gasteiger partial charge on any atom is 0.272 e. The van der Waals surface area contributed by atoms with Crippen LogP contribution in [0.4, 0.5) is 5.69 Å². The number of para-hydroxylation sites is 1. The lowest BCUT2D eigenvalue weighted by molar-refractivity contribution is -0.119. The van der Waals surface area contributed by atoms with Crippen LogP contribution in [-0.2, 0) is 9.59 Å². The molecule has 116 valence electrons. The van der Waals surface area contributed by atoms with E-state index in [1.165, 1.54) is 16.7 Å². The molecule has 0 unspecified atom stereocenters. The van der Waals surface area contributed by atoms with E-state index in [9.17, 15) is 9.59 Å². The van der Waals surface area contributed by atoms with Crippen LogP contribution in [-0.4, -0.2) is 17.1 Å². The molecule has 4 heteroatoms. The van der Waals surface area contributed by atoms with Crippen LogP contribution in [0.3, 0.4) is 0 Å². The molecule has 1 aliphatic heterocycles. The Kier molecular flexibility index (Phi) is 4.35. The number of carbonyl (C=O) groups excluding carboxylic acids is 2. The maximum atomic E-state index is 12.9. The average Bonchev–Trinajstić information content (AvgIpc) is 2.79. The SMILES string of the molecule is CC(C)SC1=C(c2ccccc2)C(=O)N(c2ccccc2)C1=O. The third-order valence-electron chi connectivity index (χ3n) is 3.47. The highest BCUT2D eigenvalue weighted by Crippen LogP contribution is 2.39. The van der Waals surface area contributed by atoms with E-state index in [2.05, 4.69) is 0 Å². The van der Waals surface area contributed by atoms with Gasteiger partial charge in [0.25, 0.3) is 11.8 Å². The summed E-state index contributed by atoms with van der Waals surface area (Å²) in [5.74, 6) is -0.491. The van der Waals surface area contributed by atoms with Crippen molar-refractivity contribution in [2.24, 2.45) is 0 Å². The molecule has 0 atom stereocenters. The Balaban J connectivity index is 2.10. The van der Waals surface area contributed by atoms with Gasteiger partial charge in [-0.3, -0.25) is 9.59 Å². The minimum Gasteiger partial charge on any atom is -0.268 e. The van der Waals surface area contributed by atoms with Crippen LogP contribution in [0.2, 0.25) is 0 Å². The van der Waals surface area contributed by atoms with Gasteiger partial charge < -0.3 is 0 Å². The van der Waals surface area contributed by atoms with E-state index in [4.69, 9.17) is 0 Å². The molecule has 23 heavy (non-hydrogen) atoms. The van der Waals surface area contributed by atoms with Crippen molar-refractivity contribution in [1.29, 1.82) is 0 Å². The van der Waals surface area contributed by atoms with Crippen molar-refractivity contribution in [3.63, 3.8) is 0 Å². The van der Waals surface area contributed by atoms with E-state index in [0.717, 1.165) is 5.56 Å². The number of nitrogens with zero attached hydrogens (tertiary/aromatic N) is 1. The summed E-state index contributed by atoms with van der Waals surface area (Å²) in [6.07, 6.45) is 0. The molecule has 0 aromatic heterocycles. The van der Waals surface area contributed by atoms with E-state index in [1.807, 2.05) is 62.4 Å². The van der Waals surface area contributed by atoms with Crippen LogP contribution in [0.25, 0.3) is 5.57 Å². The van der Waals surface area contributed by atoms with E-state index < -0.39 is 0 Å². The van der Waals surface area contributed by atoms with Gasteiger partial charge in [-0.05, 0) is 17.7 Å². The number of amides is 2. The van der Waals surface area contributed by atoms with Crippen molar-refractivity contribution in [3.8, 4) is 0 Å². The predicted octanol–water partition coefficient (Wildman–Crippen LogP) is 4.11. The van der Waals surface area contributed by atoms with Crippen molar-refractivity contribution in [2.75, 3.05) is 4.90 Å². The first-order chi connectivity index (χ1) is 11.1. The Labute approximate surface area is 140 Å². The Morgan fingerprint density at radius 2 is 1.39 bits per heavy atom. The van der Waals surface area contributed by atoms with Gasteiger partial charge in [0, 0.05) is 5.25 Å². The molecule has 3 rings (SSSR count). The van der Waals surface area contributed by atoms with Crippen LogP contribution in [0, 0.1) is 0 Å². The third kappa shape index (κ3) is 2.94. The highest BCUT2D eigenvalue weighted by atomic mass is 32.2. The molecule has 2 aromatic carbocycles. The van der Waals surface area contributed by atoms with Gasteiger partial charge in [-0.1, -0.05) is 62.4 Å². The van der Waals surface area contributed by atoms with Crippen molar-refractivity contribution < 1.29 is 9.59 Å². The first-order valence-corrected chi connectivity index (χ1v) is 8.37. The van der Waals surface area contributed by atoms with Crippen molar-refractivity contribution >= 4 is 34.8 Å². The van der Waals surface area contributed by atoms with E-state index in [1.54, 1.807) is 12.1 Å². The summed E-state index contributed by atoms with van der Waals surface area (Å²) in [6, 6.07) is 18.5. The summed E-state index contributed by atoms with van der Waals surface area (Å²) < 4.78 is 0. The molecule has 0 bridgehead atoms. The number of hydrogen-bond acceptors (Lipinski definition) is 3. The molecule has 0 aliphatic carbocycles. The molecular formula is C19H17NO2S. The Bertz CT molecular complexity index is 766. The molecular weight excluding hydrogens is 306 g/mol. The molecule has 2 aromatic rings. The summed E-state index contributed by atoms with van der Waals surface area (Å²) in [4.78, 5) is 27.6. The predicted molar refractivity (Wildman–Crippen MR) is 95.0 cm³/mol. The van der Waals surface area contributed by atoms with Gasteiger partial charge in [0.1, 0.15) is 0 Å². The standard InChI is InChI=1S/C19H17NO2S/c1-13(2)23-17-16(14-9-5-3-6-10-14)18(21)20(19(17)22)15-11-7-4-8-12-15/h3-13H,1-2H3. The fourth-order valence-electron chi connectivity index (χ4n) is 2.53. The number of rotatable bonds is 4. The Hall–Kier alpha value is -2.33. The quantitative estimate of drug-likeness (QED) is 0.795. The number of hydrogen-bond donors (Lipinski definition) is 0. The molecule has 3 nitrogen and oxygen atoms in total. The second-order valence-electron chi connectivity index (χ2n) is 5.52. The molecule has 0 N–H and O–H groups in total. The van der Waals surface area contributed by atoms with Crippen LogP contribution in [0.15, 0.2) is 65.6 Å². The minimum absolute atomic E-state index is 0.219. The summed E-state index contributed by atoms with van der Waals surface area (Å²) >= 11 is 1.44. The van der Waals surface area contributed by atoms with Gasteiger partial charge in [-0.2, -0.15) is 0 Å². The fraction of sp³-hybridized carbons (Fsp3) is 0.158. The minimum atomic E-state index is -0.254. The van der Waals surface area contributed by atoms with E-state index >= 15 is 0 Å². The number of benzene rings is 2. The van der Waals surface area contributed by atoms with Gasteiger partial charge in [0.2, 0.25) is 0 Å². The van der Waals surface area contributed by atoms with Gasteiger partial charge >= 0.3 is 0 Å². The number of anilines is 1. The van der Waals surface area contributed by atoms with Crippen LogP contribution in [0.1, 0.15) is 19.4 Å². The summed E-state index contributed by atoms with van der Waals surface area (Å²) in [5.41, 5.74) is 1.89. The van der Waals surface area contributed by atoms with Crippen LogP contribution >= 0.6 is 11.8 Å². The molecule has 0 fully saturated rings. The van der Waals surface area contributed by atoms with E-state index in [0.29, 0.717) is 16.2 Å². The maximum absolute atomic E-state index is 12.9. The topological polar surface area (TPSA) is 37.4 Å². The fourth-order valence-corrected chi connectivity index (χ4v) is 3.51. The van der Waals surface area contributed by atoms with Gasteiger partial charge in [-0.15, -0.1) is 11.8 Å². The summed E-state index contributed by atoms with van der Waals surface area (Å²) in [5, 5.41) is 0.219. The Morgan fingerprint density at radius 3 is 1.96 bits per heavy atom. The molecule has 0 radical (unpaired) electrons. The first kappa shape index (κ1) is 15.6. The molecule has 1 heterocycles. The summed E-state index contributed by atoms with van der Waals surface area (Å²) in [7, 11) is 0. The number of imide groups is 1. The third-order valence-corrected chi connectivity index (χ3v) is 4.56. The van der Waals surface area contributed by atoms with Crippen molar-refractivity contribution in [2.45, 2.75) is 19.1 Å². The average molecular weight is 323 g/mol. The lowest BCUT2D eigenvalue weighted by atomic mass is 10.1. The molecule has 0 saturated heterocycles. The summed E-state index contributed by atoms with van der Waals surface area (Å²) in [6.45, 7) is 4.03. The normalized spacial score (nSPS) is 15.0. The second-order valence-corrected chi connectivity index (χ2v) is 7.10. The van der Waals surface area contributed by atoms with Gasteiger partial charge in [0.05, 0.1) is 16.2 Å². The van der Waals surface area contributed by atoms with Gasteiger partial charge in [-0.25, -0.2) is 4.90 Å². The monoisotopic (exact) mass is 323 g/mol. The number of thioether (sulfide) groups is 1. The van der Waals surface area contributed by atoms with Crippen LogP contribution < -0.4 is 4.90 Å². The zero-order valence-corrected chi connectivity index (χ0v) is 13.8. The smallest absolute Gasteiger partial charge is 0.268 e. The molecule has 2 amide bonds.